The van der Waals surface area contributed by atoms with Crippen LogP contribution in [-0.4, -0.2) is 19.6 Å². The van der Waals surface area contributed by atoms with Gasteiger partial charge in [0.25, 0.3) is 0 Å². The number of hydrogen-bond donors (Lipinski definition) is 1. The molecule has 0 saturated heterocycles. The van der Waals surface area contributed by atoms with Crippen molar-refractivity contribution in [1.29, 1.82) is 0 Å². The van der Waals surface area contributed by atoms with Crippen LogP contribution >= 0.6 is 0 Å². The maximum atomic E-state index is 11.8. The molecule has 64 heavy (non-hydrogen) atoms. The minimum atomic E-state index is -0.141. The molecule has 6 aromatic carbocycles. The average molecular weight is 844 g/mol. The van der Waals surface area contributed by atoms with Gasteiger partial charge in [-0.15, -0.1) is 0 Å². The highest BCUT2D eigenvalue weighted by atomic mass is 16.3. The van der Waals surface area contributed by atoms with E-state index in [1.165, 1.54) is 22.3 Å². The quantitative estimate of drug-likeness (QED) is 0.157. The molecule has 0 aliphatic carbocycles. The zero-order valence-corrected chi connectivity index (χ0v) is 40.1. The van der Waals surface area contributed by atoms with Gasteiger partial charge in [0, 0.05) is 22.9 Å². The Morgan fingerprint density at radius 1 is 0.469 bits per heavy atom. The highest BCUT2D eigenvalue weighted by Crippen LogP contribution is 2.44. The van der Waals surface area contributed by atoms with Crippen molar-refractivity contribution in [2.24, 2.45) is 0 Å². The minimum Gasteiger partial charge on any atom is -0.507 e. The fraction of sp³-hybridized carbons (Fsp3) is 0.300. The van der Waals surface area contributed by atoms with E-state index in [4.69, 9.17) is 9.97 Å². The van der Waals surface area contributed by atoms with Gasteiger partial charge in [0.05, 0.1) is 28.0 Å². The first-order chi connectivity index (χ1) is 30.3. The number of phenolic OH excluding ortho intramolecular Hbond substituents is 1. The summed E-state index contributed by atoms with van der Waals surface area (Å²) < 4.78 is 2.27. The molecule has 0 atom stereocenters. The Morgan fingerprint density at radius 3 is 1.72 bits per heavy atom. The summed E-state index contributed by atoms with van der Waals surface area (Å²) in [6.45, 7) is 27.1. The number of pyridine rings is 1. The Balaban J connectivity index is 1.37. The molecule has 0 aliphatic heterocycles. The van der Waals surface area contributed by atoms with E-state index in [0.29, 0.717) is 11.4 Å². The molecule has 0 fully saturated rings. The van der Waals surface area contributed by atoms with E-state index in [1.807, 2.05) is 18.3 Å². The third kappa shape index (κ3) is 8.55. The predicted octanol–water partition coefficient (Wildman–Crippen LogP) is 16.4. The molecule has 0 unspecified atom stereocenters. The Labute approximate surface area is 382 Å². The summed E-state index contributed by atoms with van der Waals surface area (Å²) in [5.41, 5.74) is 16.9. The van der Waals surface area contributed by atoms with Crippen LogP contribution in [0, 0.1) is 0 Å². The van der Waals surface area contributed by atoms with Gasteiger partial charge in [0.1, 0.15) is 11.6 Å². The number of benzene rings is 6. The van der Waals surface area contributed by atoms with E-state index in [-0.39, 0.29) is 27.4 Å². The second kappa shape index (κ2) is 16.7. The van der Waals surface area contributed by atoms with Crippen LogP contribution < -0.4 is 0 Å². The molecular weight excluding hydrogens is 779 g/mol. The molecule has 0 saturated carbocycles. The monoisotopic (exact) mass is 844 g/mol. The van der Waals surface area contributed by atoms with Gasteiger partial charge in [-0.05, 0) is 134 Å². The molecule has 0 aliphatic rings. The van der Waals surface area contributed by atoms with Gasteiger partial charge in [-0.1, -0.05) is 168 Å². The number of aromatic nitrogens is 3. The number of fused-ring (bicyclic) bond motifs is 1. The van der Waals surface area contributed by atoms with Crippen LogP contribution in [0.15, 0.2) is 146 Å². The van der Waals surface area contributed by atoms with E-state index in [1.54, 1.807) is 0 Å². The summed E-state index contributed by atoms with van der Waals surface area (Å²) in [4.78, 5) is 10.6. The van der Waals surface area contributed by atoms with Gasteiger partial charge in [-0.2, -0.15) is 0 Å². The fourth-order valence-electron chi connectivity index (χ4n) is 8.84. The smallest absolute Gasteiger partial charge is 0.149 e. The predicted molar refractivity (Wildman–Crippen MR) is 272 cm³/mol. The van der Waals surface area contributed by atoms with Crippen molar-refractivity contribution in [2.45, 2.75) is 118 Å². The lowest BCUT2D eigenvalue weighted by Crippen LogP contribution is -2.19. The second-order valence-electron chi connectivity index (χ2n) is 21.1. The Hall–Kier alpha value is -6.26. The largest absolute Gasteiger partial charge is 0.507 e. The zero-order valence-electron chi connectivity index (χ0n) is 40.1. The molecule has 1 N–H and O–H groups in total. The Kier molecular flexibility index (Phi) is 11.6. The van der Waals surface area contributed by atoms with Crippen LogP contribution in [0.3, 0.4) is 0 Å². The van der Waals surface area contributed by atoms with E-state index >= 15 is 0 Å². The van der Waals surface area contributed by atoms with Crippen LogP contribution in [0.1, 0.15) is 118 Å². The number of para-hydroxylation sites is 1. The summed E-state index contributed by atoms with van der Waals surface area (Å²) in [6.07, 6.45) is 4.15. The van der Waals surface area contributed by atoms with Crippen LogP contribution in [0.5, 0.6) is 5.75 Å². The molecule has 326 valence electrons. The summed E-state index contributed by atoms with van der Waals surface area (Å²) in [7, 11) is 0. The molecule has 8 aromatic rings. The minimum absolute atomic E-state index is 0.0609. The van der Waals surface area contributed by atoms with Crippen molar-refractivity contribution in [2.75, 3.05) is 0 Å². The Morgan fingerprint density at radius 2 is 1.08 bits per heavy atom. The molecule has 0 spiro atoms. The normalized spacial score (nSPS) is 12.6. The van der Waals surface area contributed by atoms with Gasteiger partial charge >= 0.3 is 0 Å². The van der Waals surface area contributed by atoms with Gasteiger partial charge in [-0.25, -0.2) is 4.98 Å². The summed E-state index contributed by atoms with van der Waals surface area (Å²) in [6, 6.07) is 50.3. The lowest BCUT2D eigenvalue weighted by molar-refractivity contribution is 0.439. The maximum absolute atomic E-state index is 11.8. The van der Waals surface area contributed by atoms with Gasteiger partial charge < -0.3 is 5.11 Å². The third-order valence-electron chi connectivity index (χ3n) is 13.6. The van der Waals surface area contributed by atoms with Crippen molar-refractivity contribution in [3.63, 3.8) is 0 Å². The molecular formula is C60H65N3O. The number of nitrogens with zero attached hydrogens (tertiary/aromatic N) is 3. The number of phenols is 1. The molecule has 4 heteroatoms. The molecule has 2 aromatic heterocycles. The lowest BCUT2D eigenvalue weighted by Gasteiger charge is -2.27. The first kappa shape index (κ1) is 44.4. The van der Waals surface area contributed by atoms with Crippen molar-refractivity contribution in [3.05, 3.63) is 168 Å². The van der Waals surface area contributed by atoms with Crippen molar-refractivity contribution >= 4 is 11.0 Å². The SMILES string of the molecule is CCC(C)(CC)c1ccc(-c2ccnc(-c3cc(-c4cccc5c4nc(-c4cc(C(C)(C)C)ccc4O)n5-c4ccc(C(C)(C)C)cc4-c4ccccc4)cc(C(C)(C)C)c3)c2)cc1. The van der Waals surface area contributed by atoms with Gasteiger partial charge in [-0.3, -0.25) is 9.55 Å². The molecule has 0 bridgehead atoms. The summed E-state index contributed by atoms with van der Waals surface area (Å²) in [5.74, 6) is 0.888. The highest BCUT2D eigenvalue weighted by molar-refractivity contribution is 5.98. The van der Waals surface area contributed by atoms with E-state index in [2.05, 4.69) is 215 Å². The Bertz CT molecular complexity index is 2960. The topological polar surface area (TPSA) is 50.9 Å². The first-order valence-electron chi connectivity index (χ1n) is 23.1. The molecule has 0 amide bonds. The maximum Gasteiger partial charge on any atom is 0.149 e. The summed E-state index contributed by atoms with van der Waals surface area (Å²) >= 11 is 0. The van der Waals surface area contributed by atoms with Gasteiger partial charge in [0.2, 0.25) is 0 Å². The fourth-order valence-corrected chi connectivity index (χ4v) is 8.84. The number of rotatable bonds is 9. The number of imidazole rings is 1. The summed E-state index contributed by atoms with van der Waals surface area (Å²) in [5, 5.41) is 11.8. The highest BCUT2D eigenvalue weighted by Gasteiger charge is 2.27. The average Bonchev–Trinajstić information content (AvgIpc) is 3.67. The van der Waals surface area contributed by atoms with Gasteiger partial charge in [0.15, 0.2) is 0 Å². The number of hydrogen-bond acceptors (Lipinski definition) is 3. The van der Waals surface area contributed by atoms with Crippen LogP contribution in [0.4, 0.5) is 0 Å². The van der Waals surface area contributed by atoms with Crippen molar-refractivity contribution < 1.29 is 5.11 Å². The molecule has 2 heterocycles. The van der Waals surface area contributed by atoms with E-state index in [9.17, 15) is 5.11 Å². The van der Waals surface area contributed by atoms with E-state index in [0.717, 1.165) is 74.2 Å². The third-order valence-corrected chi connectivity index (χ3v) is 13.6. The van der Waals surface area contributed by atoms with Crippen LogP contribution in [0.25, 0.3) is 72.7 Å². The number of aromatic hydroxyl groups is 1. The van der Waals surface area contributed by atoms with Crippen molar-refractivity contribution in [3.8, 4) is 67.5 Å². The first-order valence-corrected chi connectivity index (χ1v) is 23.1. The molecule has 0 radical (unpaired) electrons. The second-order valence-corrected chi connectivity index (χ2v) is 21.1. The standard InChI is InChI=1S/C60H65N3O/c1-13-60(12,14-2)44-25-23-39(24-26-44)41-31-32-61-51(36-41)43-33-42(34-47(35-43)59(9,10)11)48-21-18-22-53-55(48)62-56(50-38-46(58(6,7)8)28-30-54(50)64)63(53)52-29-27-45(57(3,4)5)37-49(52)40-19-16-15-17-20-40/h15-38,64H,13-14H2,1-12H3. The molecule has 4 nitrogen and oxygen atoms in total. The zero-order chi connectivity index (χ0) is 45.8. The molecule has 8 rings (SSSR count). The lowest BCUT2D eigenvalue weighted by atomic mass is 9.77. The van der Waals surface area contributed by atoms with E-state index < -0.39 is 0 Å². The van der Waals surface area contributed by atoms with Crippen LogP contribution in [0.2, 0.25) is 0 Å². The van der Waals surface area contributed by atoms with Crippen molar-refractivity contribution in [1.82, 2.24) is 14.5 Å². The van der Waals surface area contributed by atoms with Crippen LogP contribution in [-0.2, 0) is 21.7 Å².